The van der Waals surface area contributed by atoms with Crippen molar-refractivity contribution in [2.75, 3.05) is 64.4 Å². The molecule has 9 nitrogen and oxygen atoms in total. The molecule has 2 saturated heterocycles. The van der Waals surface area contributed by atoms with Crippen molar-refractivity contribution in [2.24, 2.45) is 0 Å². The zero-order valence-electron chi connectivity index (χ0n) is 21.1. The van der Waals surface area contributed by atoms with Gasteiger partial charge in [0.2, 0.25) is 11.8 Å². The molecule has 0 saturated carbocycles. The number of aromatic nitrogens is 3. The number of anilines is 1. The second-order valence-electron chi connectivity index (χ2n) is 9.30. The molecule has 0 unspecified atom stereocenters. The second-order valence-corrected chi connectivity index (χ2v) is 9.30. The number of piperazine rings is 1. The van der Waals surface area contributed by atoms with Gasteiger partial charge in [0, 0.05) is 63.3 Å². The number of likely N-dealkylation sites (N-methyl/N-ethyl adjacent to an activating group) is 1. The van der Waals surface area contributed by atoms with Gasteiger partial charge in [-0.1, -0.05) is 6.07 Å². The minimum Gasteiger partial charge on any atom is -0.473 e. The Morgan fingerprint density at radius 2 is 1.89 bits per heavy atom. The molecule has 1 amide bonds. The van der Waals surface area contributed by atoms with E-state index < -0.39 is 0 Å². The molecule has 2 aromatic heterocycles. The Morgan fingerprint density at radius 1 is 1.11 bits per heavy atom. The largest absolute Gasteiger partial charge is 0.473 e. The summed E-state index contributed by atoms with van der Waals surface area (Å²) < 4.78 is 11.9. The number of hydrogen-bond donors (Lipinski definition) is 0. The van der Waals surface area contributed by atoms with Gasteiger partial charge in [0.15, 0.2) is 5.52 Å². The number of hydrogen-bond acceptors (Lipinski definition) is 8. The Balaban J connectivity index is 0.00000304. The van der Waals surface area contributed by atoms with Crippen LogP contribution >= 0.6 is 13.5 Å². The van der Waals surface area contributed by atoms with Crippen molar-refractivity contribution in [3.05, 3.63) is 42.2 Å². The lowest BCUT2D eigenvalue weighted by Crippen LogP contribution is -2.46. The molecule has 4 heterocycles. The van der Waals surface area contributed by atoms with Crippen LogP contribution in [0.25, 0.3) is 22.3 Å². The number of benzene rings is 1. The van der Waals surface area contributed by atoms with E-state index in [0.717, 1.165) is 43.0 Å². The summed E-state index contributed by atoms with van der Waals surface area (Å²) in [7, 11) is 2.17. The molecule has 0 aliphatic carbocycles. The van der Waals surface area contributed by atoms with Crippen LogP contribution in [0.15, 0.2) is 36.7 Å². The summed E-state index contributed by atoms with van der Waals surface area (Å²) in [5.74, 6) is 0.472. The van der Waals surface area contributed by atoms with Gasteiger partial charge in [-0.3, -0.25) is 9.78 Å². The first-order valence-corrected chi connectivity index (χ1v) is 12.1. The molecular formula is C26H34N6O3S. The summed E-state index contributed by atoms with van der Waals surface area (Å²) in [5.41, 5.74) is 5.62. The number of ether oxygens (including phenoxy) is 2. The van der Waals surface area contributed by atoms with Crippen LogP contribution in [0.5, 0.6) is 5.88 Å². The van der Waals surface area contributed by atoms with Crippen molar-refractivity contribution in [3.8, 4) is 17.1 Å². The number of amides is 1. The highest BCUT2D eigenvalue weighted by Gasteiger charge is 2.24. The first kappa shape index (κ1) is 26.1. The molecule has 0 spiro atoms. The second kappa shape index (κ2) is 11.4. The molecule has 3 aromatic rings. The average molecular weight is 511 g/mol. The minimum absolute atomic E-state index is 0. The molecule has 10 heteroatoms. The van der Waals surface area contributed by atoms with Crippen molar-refractivity contribution >= 4 is 36.1 Å². The summed E-state index contributed by atoms with van der Waals surface area (Å²) in [6, 6.07) is 8.43. The third-order valence-corrected chi connectivity index (χ3v) is 6.75. The predicted octanol–water partition coefficient (Wildman–Crippen LogP) is 2.49. The molecule has 0 radical (unpaired) electrons. The highest BCUT2D eigenvalue weighted by molar-refractivity contribution is 7.59. The van der Waals surface area contributed by atoms with Gasteiger partial charge >= 0.3 is 0 Å². The Labute approximate surface area is 218 Å². The van der Waals surface area contributed by atoms with E-state index >= 15 is 0 Å². The van der Waals surface area contributed by atoms with Crippen LogP contribution in [0, 0.1) is 6.92 Å². The molecule has 1 aromatic carbocycles. The van der Waals surface area contributed by atoms with Crippen LogP contribution in [0.3, 0.4) is 0 Å². The molecule has 0 N–H and O–H groups in total. The number of carbonyl (C=O) groups is 1. The first-order valence-electron chi connectivity index (χ1n) is 12.1. The fourth-order valence-corrected chi connectivity index (χ4v) is 4.69. The normalized spacial score (nSPS) is 18.7. The fraction of sp³-hybridized carbons (Fsp3) is 0.462. The highest BCUT2D eigenvalue weighted by Crippen LogP contribution is 2.31. The number of carbonyl (C=O) groups excluding carboxylic acids is 1. The van der Waals surface area contributed by atoms with Crippen LogP contribution in [-0.4, -0.2) is 96.3 Å². The van der Waals surface area contributed by atoms with Gasteiger partial charge in [0.25, 0.3) is 0 Å². The van der Waals surface area contributed by atoms with Crippen molar-refractivity contribution in [1.29, 1.82) is 0 Å². The van der Waals surface area contributed by atoms with E-state index in [9.17, 15) is 4.79 Å². The Hall–Kier alpha value is -2.95. The molecule has 36 heavy (non-hydrogen) atoms. The van der Waals surface area contributed by atoms with Crippen LogP contribution in [0.2, 0.25) is 0 Å². The summed E-state index contributed by atoms with van der Waals surface area (Å²) in [5, 5.41) is 0. The summed E-state index contributed by atoms with van der Waals surface area (Å²) in [6.45, 7) is 9.83. The molecule has 0 bridgehead atoms. The first-order chi connectivity index (χ1) is 17.0. The Bertz CT molecular complexity index is 1220. The number of aryl methyl sites for hydroxylation is 1. The van der Waals surface area contributed by atoms with Crippen molar-refractivity contribution in [3.63, 3.8) is 0 Å². The van der Waals surface area contributed by atoms with E-state index in [1.165, 1.54) is 11.3 Å². The maximum absolute atomic E-state index is 11.8. The third kappa shape index (κ3) is 5.71. The molecule has 2 fully saturated rings. The van der Waals surface area contributed by atoms with Gasteiger partial charge in [-0.15, -0.1) is 0 Å². The summed E-state index contributed by atoms with van der Waals surface area (Å²) in [4.78, 5) is 32.1. The van der Waals surface area contributed by atoms with Gasteiger partial charge in [0.1, 0.15) is 12.7 Å². The zero-order chi connectivity index (χ0) is 24.4. The number of fused-ring (bicyclic) bond motifs is 1. The molecule has 1 atom stereocenters. The SMILES string of the molecule is CC(=O)N1CCO[C@H](COc2nc(-c3ccc(N4CCN(C)CC4)c(C)c3)cc3nccnc23)C1.S. The Kier molecular flexibility index (Phi) is 8.28. The van der Waals surface area contributed by atoms with E-state index in [1.807, 2.05) is 6.07 Å². The van der Waals surface area contributed by atoms with Crippen LogP contribution in [0.4, 0.5) is 5.69 Å². The number of pyridine rings is 1. The van der Waals surface area contributed by atoms with E-state index in [0.29, 0.717) is 31.1 Å². The van der Waals surface area contributed by atoms with Crippen molar-refractivity contribution < 1.29 is 14.3 Å². The number of nitrogens with zero attached hydrogens (tertiary/aromatic N) is 6. The smallest absolute Gasteiger partial charge is 0.242 e. The topological polar surface area (TPSA) is 83.9 Å². The van der Waals surface area contributed by atoms with Gasteiger partial charge < -0.3 is 24.2 Å². The Morgan fingerprint density at radius 3 is 2.64 bits per heavy atom. The lowest BCUT2D eigenvalue weighted by molar-refractivity contribution is -0.137. The molecule has 2 aliphatic heterocycles. The van der Waals surface area contributed by atoms with Gasteiger partial charge in [-0.2, -0.15) is 13.5 Å². The lowest BCUT2D eigenvalue weighted by atomic mass is 10.0. The maximum Gasteiger partial charge on any atom is 0.242 e. The molecule has 5 rings (SSSR count). The zero-order valence-corrected chi connectivity index (χ0v) is 22.1. The van der Waals surface area contributed by atoms with Crippen LogP contribution in [0.1, 0.15) is 12.5 Å². The van der Waals surface area contributed by atoms with Gasteiger partial charge in [0.05, 0.1) is 24.4 Å². The lowest BCUT2D eigenvalue weighted by Gasteiger charge is -2.35. The average Bonchev–Trinajstić information content (AvgIpc) is 2.88. The minimum atomic E-state index is -0.213. The molecular weight excluding hydrogens is 476 g/mol. The fourth-order valence-electron chi connectivity index (χ4n) is 4.69. The monoisotopic (exact) mass is 510 g/mol. The number of rotatable bonds is 5. The quantitative estimate of drug-likeness (QED) is 0.518. The third-order valence-electron chi connectivity index (χ3n) is 6.75. The van der Waals surface area contributed by atoms with Crippen LogP contribution in [-0.2, 0) is 9.53 Å². The van der Waals surface area contributed by atoms with E-state index in [2.05, 4.69) is 51.9 Å². The van der Waals surface area contributed by atoms with Crippen molar-refractivity contribution in [1.82, 2.24) is 24.8 Å². The number of morpholine rings is 1. The van der Waals surface area contributed by atoms with E-state index in [-0.39, 0.29) is 32.1 Å². The van der Waals surface area contributed by atoms with Gasteiger partial charge in [-0.25, -0.2) is 9.97 Å². The maximum atomic E-state index is 11.8. The highest BCUT2D eigenvalue weighted by atomic mass is 32.1. The molecule has 2 aliphatic rings. The van der Waals surface area contributed by atoms with E-state index in [4.69, 9.17) is 14.5 Å². The summed E-state index contributed by atoms with van der Waals surface area (Å²) >= 11 is 0. The van der Waals surface area contributed by atoms with Gasteiger partial charge in [-0.05, 0) is 37.7 Å². The van der Waals surface area contributed by atoms with Crippen LogP contribution < -0.4 is 9.64 Å². The molecule has 192 valence electrons. The summed E-state index contributed by atoms with van der Waals surface area (Å²) in [6.07, 6.45) is 3.10. The standard InChI is InChI=1S/C26H32N6O3.H2S/c1-18-14-20(4-5-24(18)31-10-8-30(3)9-11-31)22-15-23-25(28-7-6-27-23)26(29-22)35-17-21-16-32(19(2)33)12-13-34-21;/h4-7,14-15,21H,8-13,16-17H2,1-3H3;1H2/t21-;/m0./s1. The van der Waals surface area contributed by atoms with E-state index in [1.54, 1.807) is 24.2 Å². The van der Waals surface area contributed by atoms with Crippen molar-refractivity contribution in [2.45, 2.75) is 20.0 Å². The predicted molar refractivity (Wildman–Crippen MR) is 145 cm³/mol.